The first-order valence-corrected chi connectivity index (χ1v) is 8.80. The van der Waals surface area contributed by atoms with Crippen LogP contribution in [-0.4, -0.2) is 69.4 Å². The van der Waals surface area contributed by atoms with Crippen LogP contribution in [0.25, 0.3) is 0 Å². The lowest BCUT2D eigenvalue weighted by Gasteiger charge is -2.44. The summed E-state index contributed by atoms with van der Waals surface area (Å²) in [5.41, 5.74) is 0.475. The van der Waals surface area contributed by atoms with Crippen LogP contribution in [-0.2, 0) is 42.8 Å². The van der Waals surface area contributed by atoms with Crippen LogP contribution in [0.3, 0.4) is 0 Å². The fourth-order valence-corrected chi connectivity index (χ4v) is 2.48. The maximum Gasteiger partial charge on any atom is 0.333 e. The van der Waals surface area contributed by atoms with Gasteiger partial charge in [0.05, 0.1) is 0 Å². The molecule has 0 aromatic heterocycles. The van der Waals surface area contributed by atoms with Crippen molar-refractivity contribution in [1.82, 2.24) is 0 Å². The van der Waals surface area contributed by atoms with Crippen molar-refractivity contribution in [1.29, 1.82) is 0 Å². The van der Waals surface area contributed by atoms with Crippen molar-refractivity contribution in [2.45, 2.75) is 51.5 Å². The third-order valence-electron chi connectivity index (χ3n) is 4.01. The fraction of sp³-hybridized carbons (Fsp3) is 0.550. The summed E-state index contributed by atoms with van der Waals surface area (Å²) in [6, 6.07) is 0. The van der Waals surface area contributed by atoms with Crippen LogP contribution in [0.5, 0.6) is 0 Å². The van der Waals surface area contributed by atoms with Gasteiger partial charge in [-0.25, -0.2) is 14.4 Å². The molecule has 1 fully saturated rings. The zero-order chi connectivity index (χ0) is 22.3. The van der Waals surface area contributed by atoms with Crippen molar-refractivity contribution >= 4 is 17.9 Å². The lowest BCUT2D eigenvalue weighted by atomic mass is 9.98. The van der Waals surface area contributed by atoms with E-state index in [1.807, 2.05) is 0 Å². The highest BCUT2D eigenvalue weighted by atomic mass is 16.7. The summed E-state index contributed by atoms with van der Waals surface area (Å²) < 4.78 is 32.5. The number of methoxy groups -OCH3 is 2. The largest absolute Gasteiger partial charge is 0.459 e. The molecule has 5 atom stereocenters. The predicted molar refractivity (Wildman–Crippen MR) is 102 cm³/mol. The topological polar surface area (TPSA) is 107 Å². The van der Waals surface area contributed by atoms with E-state index in [1.165, 1.54) is 35.0 Å². The van der Waals surface area contributed by atoms with E-state index in [9.17, 15) is 14.4 Å². The average molecular weight is 412 g/mol. The number of ether oxygens (including phenoxy) is 6. The first kappa shape index (κ1) is 24.5. The van der Waals surface area contributed by atoms with Gasteiger partial charge in [-0.2, -0.15) is 0 Å². The lowest BCUT2D eigenvalue weighted by molar-refractivity contribution is -0.303. The Labute approximate surface area is 170 Å². The highest BCUT2D eigenvalue weighted by molar-refractivity contribution is 5.88. The Morgan fingerprint density at radius 3 is 1.66 bits per heavy atom. The number of hydrogen-bond donors (Lipinski definition) is 0. The van der Waals surface area contributed by atoms with Crippen molar-refractivity contribution in [3.63, 3.8) is 0 Å². The van der Waals surface area contributed by atoms with Crippen LogP contribution in [0.4, 0.5) is 0 Å². The molecule has 29 heavy (non-hydrogen) atoms. The molecule has 0 bridgehead atoms. The number of rotatable bonds is 9. The number of carbonyl (C=O) groups excluding carboxylic acids is 3. The minimum Gasteiger partial charge on any atom is -0.459 e. The number of carbonyl (C=O) groups is 3. The predicted octanol–water partition coefficient (Wildman–Crippen LogP) is 1.47. The second kappa shape index (κ2) is 10.9. The third kappa shape index (κ3) is 6.52. The van der Waals surface area contributed by atoms with Crippen molar-refractivity contribution in [3.05, 3.63) is 36.5 Å². The molecule has 9 nitrogen and oxygen atoms in total. The quantitative estimate of drug-likeness (QED) is 0.316. The summed E-state index contributed by atoms with van der Waals surface area (Å²) in [6.45, 7) is 14.8. The molecule has 1 aliphatic rings. The fourth-order valence-electron chi connectivity index (χ4n) is 2.48. The van der Waals surface area contributed by atoms with Gasteiger partial charge in [0.2, 0.25) is 0 Å². The van der Waals surface area contributed by atoms with Gasteiger partial charge < -0.3 is 28.4 Å². The zero-order valence-corrected chi connectivity index (χ0v) is 17.4. The Morgan fingerprint density at radius 2 is 1.24 bits per heavy atom. The minimum atomic E-state index is -1.16. The summed E-state index contributed by atoms with van der Waals surface area (Å²) in [7, 11) is 2.68. The van der Waals surface area contributed by atoms with Gasteiger partial charge in [-0.3, -0.25) is 0 Å². The molecule has 0 radical (unpaired) electrons. The Hall–Kier alpha value is -2.49. The molecule has 0 amide bonds. The molecule has 0 aliphatic carbocycles. The standard InChI is InChI=1S/C20H28O9/c1-10(2)17(21)26-9-13-14(24-7)15(28-18(22)11(3)4)16(20(25-8)27-13)29-19(23)12(5)6/h13-16,20H,1,3,5,9H2,2,4,6-8H3/t13?,14?,15-,16+,20?/m0/s1. The van der Waals surface area contributed by atoms with Crippen LogP contribution in [0.15, 0.2) is 36.5 Å². The molecule has 1 saturated heterocycles. The Morgan fingerprint density at radius 1 is 0.759 bits per heavy atom. The zero-order valence-electron chi connectivity index (χ0n) is 17.4. The smallest absolute Gasteiger partial charge is 0.333 e. The number of esters is 3. The summed E-state index contributed by atoms with van der Waals surface area (Å²) >= 11 is 0. The Bertz CT molecular complexity index is 681. The number of hydrogen-bond acceptors (Lipinski definition) is 9. The van der Waals surface area contributed by atoms with Gasteiger partial charge in [-0.05, 0) is 20.8 Å². The molecule has 0 aromatic carbocycles. The summed E-state index contributed by atoms with van der Waals surface area (Å²) in [6.07, 6.45) is -5.23. The van der Waals surface area contributed by atoms with E-state index in [1.54, 1.807) is 0 Å². The normalized spacial score (nSPS) is 26.2. The lowest BCUT2D eigenvalue weighted by Crippen LogP contribution is -2.62. The van der Waals surface area contributed by atoms with E-state index in [-0.39, 0.29) is 23.3 Å². The van der Waals surface area contributed by atoms with Gasteiger partial charge in [0, 0.05) is 30.9 Å². The molecule has 162 valence electrons. The summed E-state index contributed by atoms with van der Waals surface area (Å²) in [5, 5.41) is 0. The van der Waals surface area contributed by atoms with Crippen molar-refractivity contribution in [2.75, 3.05) is 20.8 Å². The molecular weight excluding hydrogens is 384 g/mol. The Balaban J connectivity index is 3.20. The van der Waals surface area contributed by atoms with Crippen molar-refractivity contribution in [2.24, 2.45) is 0 Å². The molecule has 0 spiro atoms. The first-order valence-electron chi connectivity index (χ1n) is 8.80. The van der Waals surface area contributed by atoms with Gasteiger partial charge in [0.1, 0.15) is 18.8 Å². The van der Waals surface area contributed by atoms with Crippen LogP contribution >= 0.6 is 0 Å². The summed E-state index contributed by atoms with van der Waals surface area (Å²) in [5.74, 6) is -2.06. The Kier molecular flexibility index (Phi) is 9.22. The molecule has 9 heteroatoms. The highest BCUT2D eigenvalue weighted by Crippen LogP contribution is 2.29. The van der Waals surface area contributed by atoms with E-state index in [0.717, 1.165) is 0 Å². The van der Waals surface area contributed by atoms with Gasteiger partial charge in [-0.1, -0.05) is 19.7 Å². The monoisotopic (exact) mass is 412 g/mol. The second-order valence-electron chi connectivity index (χ2n) is 6.66. The highest BCUT2D eigenvalue weighted by Gasteiger charge is 2.51. The van der Waals surface area contributed by atoms with E-state index >= 15 is 0 Å². The molecule has 1 aliphatic heterocycles. The van der Waals surface area contributed by atoms with Crippen LogP contribution < -0.4 is 0 Å². The van der Waals surface area contributed by atoms with E-state index in [2.05, 4.69) is 19.7 Å². The SMILES string of the molecule is C=C(C)C(=O)OCC1OC(OC)[C@H](OC(=O)C(=C)C)[C@@H](OC(=O)C(=C)C)C1OC. The molecule has 0 N–H and O–H groups in total. The van der Waals surface area contributed by atoms with E-state index < -0.39 is 48.6 Å². The van der Waals surface area contributed by atoms with Crippen molar-refractivity contribution in [3.8, 4) is 0 Å². The van der Waals surface area contributed by atoms with Gasteiger partial charge >= 0.3 is 17.9 Å². The third-order valence-corrected chi connectivity index (χ3v) is 4.01. The molecule has 0 aromatic rings. The van der Waals surface area contributed by atoms with Gasteiger partial charge in [0.25, 0.3) is 0 Å². The molecule has 3 unspecified atom stereocenters. The van der Waals surface area contributed by atoms with Crippen LogP contribution in [0, 0.1) is 0 Å². The molecule has 0 saturated carbocycles. The maximum absolute atomic E-state index is 12.2. The van der Waals surface area contributed by atoms with Crippen LogP contribution in [0.2, 0.25) is 0 Å². The minimum absolute atomic E-state index is 0.135. The van der Waals surface area contributed by atoms with E-state index in [4.69, 9.17) is 28.4 Å². The first-order chi connectivity index (χ1) is 13.5. The summed E-state index contributed by atoms with van der Waals surface area (Å²) in [4.78, 5) is 36.0. The molecular formula is C20H28O9. The van der Waals surface area contributed by atoms with Gasteiger partial charge in [-0.15, -0.1) is 0 Å². The van der Waals surface area contributed by atoms with E-state index in [0.29, 0.717) is 0 Å². The molecule has 1 heterocycles. The van der Waals surface area contributed by atoms with Gasteiger partial charge in [0.15, 0.2) is 18.5 Å². The van der Waals surface area contributed by atoms with Crippen LogP contribution in [0.1, 0.15) is 20.8 Å². The average Bonchev–Trinajstić information content (AvgIpc) is 2.66. The maximum atomic E-state index is 12.2. The molecule has 1 rings (SSSR count). The second-order valence-corrected chi connectivity index (χ2v) is 6.66. The van der Waals surface area contributed by atoms with Crippen molar-refractivity contribution < 1.29 is 42.8 Å².